The van der Waals surface area contributed by atoms with Gasteiger partial charge in [0.1, 0.15) is 5.82 Å². The van der Waals surface area contributed by atoms with Gasteiger partial charge in [-0.3, -0.25) is 10.00 Å². The number of nitrogens with one attached hydrogen (secondary N) is 2. The van der Waals surface area contributed by atoms with Gasteiger partial charge in [-0.2, -0.15) is 5.10 Å². The molecule has 0 aromatic carbocycles. The van der Waals surface area contributed by atoms with E-state index in [4.69, 9.17) is 10.1 Å². The molecule has 0 saturated carbocycles. The van der Waals surface area contributed by atoms with Crippen LogP contribution in [0, 0.1) is 0 Å². The van der Waals surface area contributed by atoms with E-state index in [0.717, 1.165) is 59.1 Å². The summed E-state index contributed by atoms with van der Waals surface area (Å²) in [7, 11) is 5.30. The van der Waals surface area contributed by atoms with Gasteiger partial charge in [-0.15, -0.1) is 0 Å². The van der Waals surface area contributed by atoms with Crippen LogP contribution in [-0.2, 0) is 19.4 Å². The van der Waals surface area contributed by atoms with Crippen molar-refractivity contribution in [2.45, 2.75) is 32.7 Å². The highest BCUT2D eigenvalue weighted by atomic mass is 32.1. The second-order valence-corrected chi connectivity index (χ2v) is 8.15. The molecule has 4 rings (SSSR count). The summed E-state index contributed by atoms with van der Waals surface area (Å²) in [5, 5.41) is 11.5. The quantitative estimate of drug-likeness (QED) is 0.683. The summed E-state index contributed by atoms with van der Waals surface area (Å²) in [5.74, 6) is 0.834. The zero-order valence-electron chi connectivity index (χ0n) is 17.1. The van der Waals surface area contributed by atoms with Gasteiger partial charge in [0.15, 0.2) is 5.13 Å². The molecular weight excluding hydrogens is 386 g/mol. The average Bonchev–Trinajstić information content (AvgIpc) is 3.24. The highest BCUT2D eigenvalue weighted by Gasteiger charge is 2.27. The number of urea groups is 1. The molecule has 9 heteroatoms. The fraction of sp³-hybridized carbons (Fsp3) is 0.400. The van der Waals surface area contributed by atoms with E-state index in [-0.39, 0.29) is 6.03 Å². The number of carbonyl (C=O) groups is 1. The van der Waals surface area contributed by atoms with Crippen LogP contribution in [0.5, 0.6) is 0 Å². The van der Waals surface area contributed by atoms with Crippen LogP contribution in [0.1, 0.15) is 24.6 Å². The van der Waals surface area contributed by atoms with Crippen molar-refractivity contribution in [3.8, 4) is 21.8 Å². The Morgan fingerprint density at radius 3 is 2.79 bits per heavy atom. The number of anilines is 2. The molecule has 0 radical (unpaired) electrons. The number of fused-ring (bicyclic) bond motifs is 3. The Bertz CT molecular complexity index is 1040. The number of amides is 2. The summed E-state index contributed by atoms with van der Waals surface area (Å²) in [6.07, 6.45) is 4.70. The van der Waals surface area contributed by atoms with E-state index < -0.39 is 0 Å². The molecule has 0 bridgehead atoms. The van der Waals surface area contributed by atoms with Crippen LogP contribution in [0.15, 0.2) is 18.3 Å². The van der Waals surface area contributed by atoms with E-state index >= 15 is 0 Å². The minimum atomic E-state index is -0.172. The van der Waals surface area contributed by atoms with E-state index in [0.29, 0.717) is 5.13 Å². The van der Waals surface area contributed by atoms with Crippen molar-refractivity contribution < 1.29 is 4.79 Å². The van der Waals surface area contributed by atoms with Gasteiger partial charge in [-0.05, 0) is 38.3 Å². The summed E-state index contributed by atoms with van der Waals surface area (Å²) in [4.78, 5) is 23.8. The zero-order valence-corrected chi connectivity index (χ0v) is 17.9. The van der Waals surface area contributed by atoms with Crippen molar-refractivity contribution >= 4 is 28.3 Å². The molecule has 2 N–H and O–H groups in total. The van der Waals surface area contributed by atoms with E-state index in [1.807, 2.05) is 19.3 Å². The smallest absolute Gasteiger partial charge is 0.323 e. The maximum absolute atomic E-state index is 12.1. The van der Waals surface area contributed by atoms with Gasteiger partial charge in [0.2, 0.25) is 0 Å². The van der Waals surface area contributed by atoms with Gasteiger partial charge >= 0.3 is 6.03 Å². The third kappa shape index (κ3) is 3.57. The molecule has 2 amide bonds. The van der Waals surface area contributed by atoms with E-state index in [2.05, 4.69) is 33.3 Å². The van der Waals surface area contributed by atoms with Crippen LogP contribution in [-0.4, -0.2) is 51.8 Å². The highest BCUT2D eigenvalue weighted by molar-refractivity contribution is 7.19. The van der Waals surface area contributed by atoms with Crippen LogP contribution < -0.4 is 10.6 Å². The molecule has 0 atom stereocenters. The molecule has 1 aliphatic rings. The topological polar surface area (TPSA) is 88.0 Å². The Hall–Kier alpha value is -2.94. The third-order valence-electron chi connectivity index (χ3n) is 5.02. The lowest BCUT2D eigenvalue weighted by atomic mass is 10.0. The Kier molecular flexibility index (Phi) is 5.23. The Morgan fingerprint density at radius 2 is 2.14 bits per heavy atom. The molecule has 0 fully saturated rings. The Labute approximate surface area is 174 Å². The number of rotatable bonds is 4. The van der Waals surface area contributed by atoms with E-state index in [1.165, 1.54) is 21.8 Å². The first kappa shape index (κ1) is 19.4. The molecule has 0 unspecified atom stereocenters. The second-order valence-electron chi connectivity index (χ2n) is 7.15. The average molecular weight is 412 g/mol. The summed E-state index contributed by atoms with van der Waals surface area (Å²) in [6.45, 7) is 2.86. The lowest BCUT2D eigenvalue weighted by Gasteiger charge is -2.09. The second kappa shape index (κ2) is 7.82. The number of nitrogens with zero attached hydrogens (tertiary/aromatic N) is 5. The number of thiazole rings is 1. The predicted octanol–water partition coefficient (Wildman–Crippen LogP) is 3.71. The lowest BCUT2D eigenvalue weighted by Crippen LogP contribution is -2.27. The van der Waals surface area contributed by atoms with Crippen LogP contribution in [0.2, 0.25) is 0 Å². The molecule has 3 heterocycles. The van der Waals surface area contributed by atoms with Gasteiger partial charge in [0.25, 0.3) is 0 Å². The van der Waals surface area contributed by atoms with Crippen molar-refractivity contribution in [3.63, 3.8) is 0 Å². The number of hydrogen-bond acceptors (Lipinski definition) is 6. The molecule has 3 aromatic rings. The van der Waals surface area contributed by atoms with Crippen molar-refractivity contribution in [1.82, 2.24) is 24.6 Å². The Balaban J connectivity index is 1.80. The minimum Gasteiger partial charge on any atom is -0.373 e. The normalized spacial score (nSPS) is 12.7. The van der Waals surface area contributed by atoms with E-state index in [9.17, 15) is 4.79 Å². The summed E-state index contributed by atoms with van der Waals surface area (Å²) < 4.78 is 2.05. The first-order chi connectivity index (χ1) is 14.0. The van der Waals surface area contributed by atoms with Gasteiger partial charge in [-0.1, -0.05) is 11.3 Å². The molecule has 0 saturated heterocycles. The molecule has 1 aliphatic carbocycles. The lowest BCUT2D eigenvalue weighted by molar-refractivity contribution is 0.230. The summed E-state index contributed by atoms with van der Waals surface area (Å²) in [6, 6.07) is 3.86. The van der Waals surface area contributed by atoms with Crippen molar-refractivity contribution in [3.05, 3.63) is 29.6 Å². The fourth-order valence-electron chi connectivity index (χ4n) is 3.53. The monoisotopic (exact) mass is 411 g/mol. The maximum atomic E-state index is 12.1. The van der Waals surface area contributed by atoms with Crippen molar-refractivity contribution in [1.29, 1.82) is 0 Å². The Morgan fingerprint density at radius 1 is 1.31 bits per heavy atom. The largest absolute Gasteiger partial charge is 0.373 e. The molecule has 3 aromatic heterocycles. The molecule has 0 aliphatic heterocycles. The van der Waals surface area contributed by atoms with Gasteiger partial charge < -0.3 is 10.2 Å². The fourth-order valence-corrected chi connectivity index (χ4v) is 4.61. The molecule has 0 spiro atoms. The number of carbonyl (C=O) groups excluding carboxylic acids is 1. The van der Waals surface area contributed by atoms with Gasteiger partial charge in [0.05, 0.1) is 22.0 Å². The first-order valence-corrected chi connectivity index (χ1v) is 10.6. The van der Waals surface area contributed by atoms with Crippen LogP contribution >= 0.6 is 11.3 Å². The minimum absolute atomic E-state index is 0.172. The van der Waals surface area contributed by atoms with Gasteiger partial charge in [0, 0.05) is 45.0 Å². The number of hydrogen-bond donors (Lipinski definition) is 2. The number of aryl methyl sites for hydroxylation is 2. The molecule has 152 valence electrons. The predicted molar refractivity (Wildman–Crippen MR) is 117 cm³/mol. The molecular formula is C20H25N7OS. The van der Waals surface area contributed by atoms with Crippen LogP contribution in [0.4, 0.5) is 15.7 Å². The standard InChI is InChI=1S/C20H25N7OS/c1-5-27-17-13(16(25-27)12-9-10-15(21-2)22-11-12)7-6-8-14-18(17)29-19(23-14)24-20(28)26(3)4/h9-11H,5-8H2,1-4H3,(H,21,22)(H,23,24,28). The van der Waals surface area contributed by atoms with Gasteiger partial charge in [-0.25, -0.2) is 14.8 Å². The maximum Gasteiger partial charge on any atom is 0.323 e. The van der Waals surface area contributed by atoms with Crippen molar-refractivity contribution in [2.24, 2.45) is 0 Å². The summed E-state index contributed by atoms with van der Waals surface area (Å²) in [5.41, 5.74) is 5.39. The van der Waals surface area contributed by atoms with E-state index in [1.54, 1.807) is 14.1 Å². The van der Waals surface area contributed by atoms with Crippen LogP contribution in [0.3, 0.4) is 0 Å². The number of aromatic nitrogens is 4. The first-order valence-electron chi connectivity index (χ1n) is 9.74. The SMILES string of the molecule is CCn1nc(-c2ccc(NC)nc2)c2c1-c1sc(NC(=O)N(C)C)nc1CCC2. The van der Waals surface area contributed by atoms with Crippen molar-refractivity contribution in [2.75, 3.05) is 31.8 Å². The zero-order chi connectivity index (χ0) is 20.5. The highest BCUT2D eigenvalue weighted by Crippen LogP contribution is 2.42. The molecule has 8 nitrogen and oxygen atoms in total. The third-order valence-corrected chi connectivity index (χ3v) is 6.04. The summed E-state index contributed by atoms with van der Waals surface area (Å²) >= 11 is 1.53. The molecule has 29 heavy (non-hydrogen) atoms. The van der Waals surface area contributed by atoms with Crippen LogP contribution in [0.25, 0.3) is 21.8 Å². The number of pyridine rings is 1.